The molecule has 3 aromatic heterocycles. The zero-order chi connectivity index (χ0) is 30.0. The molecule has 2 aliphatic heterocycles. The predicted octanol–water partition coefficient (Wildman–Crippen LogP) is 6.05. The Hall–Kier alpha value is -2.70. The average molecular weight is 611 g/mol. The monoisotopic (exact) mass is 610 g/mol. The highest BCUT2D eigenvalue weighted by Crippen LogP contribution is 2.57. The fourth-order valence-corrected chi connectivity index (χ4v) is 8.47. The van der Waals surface area contributed by atoms with Crippen LogP contribution in [0.15, 0.2) is 15.7 Å². The smallest absolute Gasteiger partial charge is 0.410 e. The van der Waals surface area contributed by atoms with E-state index in [1.807, 2.05) is 42.8 Å². The largest absolute Gasteiger partial charge is 0.444 e. The highest BCUT2D eigenvalue weighted by molar-refractivity contribution is 7.98. The van der Waals surface area contributed by atoms with E-state index in [0.717, 1.165) is 85.2 Å². The van der Waals surface area contributed by atoms with E-state index in [9.17, 15) is 4.79 Å². The Morgan fingerprint density at radius 3 is 2.65 bits per heavy atom. The number of likely N-dealkylation sites (tertiary alicyclic amines) is 1. The molecule has 5 heterocycles. The minimum absolute atomic E-state index is 0.0531. The number of aromatic nitrogens is 5. The molecular weight excluding hydrogens is 568 g/mol. The Morgan fingerprint density at radius 2 is 1.88 bits per heavy atom. The first-order chi connectivity index (χ1) is 20.7. The zero-order valence-electron chi connectivity index (χ0n) is 25.9. The molecule has 4 aliphatic rings. The molecular formula is C31H42N6O5S. The zero-order valence-corrected chi connectivity index (χ0v) is 26.7. The molecule has 3 atom stereocenters. The summed E-state index contributed by atoms with van der Waals surface area (Å²) in [7, 11) is 0. The molecule has 0 unspecified atom stereocenters. The fraction of sp³-hybridized carbons (Fsp3) is 0.710. The Balaban J connectivity index is 1.27. The molecule has 2 aliphatic carbocycles. The van der Waals surface area contributed by atoms with E-state index in [1.165, 1.54) is 0 Å². The molecule has 1 amide bonds. The van der Waals surface area contributed by atoms with E-state index in [1.54, 1.807) is 11.8 Å². The van der Waals surface area contributed by atoms with Gasteiger partial charge in [0.1, 0.15) is 10.6 Å². The third-order valence-corrected chi connectivity index (χ3v) is 10.5. The first-order valence-electron chi connectivity index (χ1n) is 15.7. The first-order valence-corrected chi connectivity index (χ1v) is 16.9. The van der Waals surface area contributed by atoms with E-state index in [0.29, 0.717) is 31.3 Å². The summed E-state index contributed by atoms with van der Waals surface area (Å²) in [5.41, 5.74) is 1.61. The van der Waals surface area contributed by atoms with Gasteiger partial charge in [-0.3, -0.25) is 0 Å². The van der Waals surface area contributed by atoms with Gasteiger partial charge in [-0.25, -0.2) is 19.4 Å². The van der Waals surface area contributed by atoms with Gasteiger partial charge in [-0.05, 0) is 78.9 Å². The van der Waals surface area contributed by atoms with Crippen molar-refractivity contribution in [3.63, 3.8) is 0 Å². The minimum atomic E-state index is -0.637. The maximum absolute atomic E-state index is 13.1. The summed E-state index contributed by atoms with van der Waals surface area (Å²) >= 11 is 1.57. The van der Waals surface area contributed by atoms with Gasteiger partial charge in [0.2, 0.25) is 0 Å². The molecule has 0 bridgehead atoms. The van der Waals surface area contributed by atoms with E-state index < -0.39 is 11.4 Å². The number of ether oxygens (including phenoxy) is 3. The number of hydrogen-bond donors (Lipinski definition) is 0. The van der Waals surface area contributed by atoms with Gasteiger partial charge < -0.3 is 23.6 Å². The van der Waals surface area contributed by atoms with Gasteiger partial charge in [-0.15, -0.1) is 11.8 Å². The molecule has 0 radical (unpaired) electrons. The SMILES string of the molecule is CSc1nc(-c2noc3c2CCC[C@@]32CCCCC23OCCO3)nc2c1cnn2[C@@H](C)[C@@H]1CCCN1C(=O)OC(C)(C)C. The maximum Gasteiger partial charge on any atom is 0.410 e. The van der Waals surface area contributed by atoms with Crippen LogP contribution >= 0.6 is 11.8 Å². The Labute approximate surface area is 256 Å². The minimum Gasteiger partial charge on any atom is -0.444 e. The second-order valence-corrected chi connectivity index (χ2v) is 14.2. The van der Waals surface area contributed by atoms with Gasteiger partial charge in [-0.2, -0.15) is 5.10 Å². The molecule has 232 valence electrons. The number of nitrogens with zero attached hydrogens (tertiary/aromatic N) is 6. The van der Waals surface area contributed by atoms with Crippen molar-refractivity contribution in [3.8, 4) is 11.5 Å². The molecule has 2 spiro atoms. The van der Waals surface area contributed by atoms with Crippen LogP contribution in [0.5, 0.6) is 0 Å². The normalized spacial score (nSPS) is 26.0. The fourth-order valence-electron chi connectivity index (χ4n) is 7.93. The van der Waals surface area contributed by atoms with E-state index in [-0.39, 0.29) is 23.6 Å². The summed E-state index contributed by atoms with van der Waals surface area (Å²) < 4.78 is 26.7. The average Bonchev–Trinajstić information content (AvgIpc) is 3.79. The van der Waals surface area contributed by atoms with Crippen LogP contribution in [0.4, 0.5) is 4.79 Å². The van der Waals surface area contributed by atoms with Crippen molar-refractivity contribution >= 4 is 28.9 Å². The standard InChI is InChI=1S/C31H42N6O5S/c1-19(22-11-9-15-36(22)28(38)41-29(2,3)4)37-26-21(18-32-37)27(43-5)34-25(33-26)23-20-10-8-13-30(24(20)42-35-23)12-6-7-14-31(30)39-16-17-40-31/h18-19,22H,6-17H2,1-5H3/t19-,22-,30-/m0/s1. The second kappa shape index (κ2) is 10.7. The number of carbonyl (C=O) groups excluding carboxylic acids is 1. The molecule has 2 saturated heterocycles. The van der Waals surface area contributed by atoms with Crippen molar-refractivity contribution in [1.82, 2.24) is 29.8 Å². The molecule has 3 fully saturated rings. The van der Waals surface area contributed by atoms with Gasteiger partial charge in [0.15, 0.2) is 28.7 Å². The second-order valence-electron chi connectivity index (χ2n) is 13.4. The van der Waals surface area contributed by atoms with Crippen molar-refractivity contribution < 1.29 is 23.5 Å². The lowest BCUT2D eigenvalue weighted by atomic mass is 9.61. The van der Waals surface area contributed by atoms with Gasteiger partial charge in [0.05, 0.1) is 42.3 Å². The summed E-state index contributed by atoms with van der Waals surface area (Å²) in [5.74, 6) is 0.800. The Bertz CT molecular complexity index is 1520. The van der Waals surface area contributed by atoms with Crippen LogP contribution in [-0.4, -0.2) is 79.3 Å². The van der Waals surface area contributed by atoms with Crippen LogP contribution in [0, 0.1) is 0 Å². The highest BCUT2D eigenvalue weighted by Gasteiger charge is 2.61. The number of thioether (sulfide) groups is 1. The molecule has 1 saturated carbocycles. The topological polar surface area (TPSA) is 118 Å². The van der Waals surface area contributed by atoms with Crippen molar-refractivity contribution in [3.05, 3.63) is 17.5 Å². The van der Waals surface area contributed by atoms with Gasteiger partial charge in [0.25, 0.3) is 0 Å². The van der Waals surface area contributed by atoms with Crippen LogP contribution in [0.3, 0.4) is 0 Å². The number of rotatable bonds is 4. The number of hydrogen-bond acceptors (Lipinski definition) is 10. The van der Waals surface area contributed by atoms with Gasteiger partial charge >= 0.3 is 6.09 Å². The molecule has 11 nitrogen and oxygen atoms in total. The van der Waals surface area contributed by atoms with E-state index in [4.69, 9.17) is 33.8 Å². The summed E-state index contributed by atoms with van der Waals surface area (Å²) in [4.78, 5) is 25.0. The van der Waals surface area contributed by atoms with Crippen molar-refractivity contribution in [2.75, 3.05) is 26.0 Å². The third-order valence-electron chi connectivity index (χ3n) is 9.79. The molecule has 3 aromatic rings. The maximum atomic E-state index is 13.1. The molecule has 0 aromatic carbocycles. The van der Waals surface area contributed by atoms with Crippen LogP contribution in [-0.2, 0) is 26.0 Å². The van der Waals surface area contributed by atoms with Crippen molar-refractivity contribution in [2.45, 2.75) is 119 Å². The summed E-state index contributed by atoms with van der Waals surface area (Å²) in [6, 6.07) is -0.166. The van der Waals surface area contributed by atoms with Crippen LogP contribution < -0.4 is 0 Å². The van der Waals surface area contributed by atoms with Gasteiger partial charge in [-0.1, -0.05) is 11.6 Å². The summed E-state index contributed by atoms with van der Waals surface area (Å²) in [5, 5.41) is 11.2. The van der Waals surface area contributed by atoms with Crippen molar-refractivity contribution in [2.24, 2.45) is 0 Å². The third kappa shape index (κ3) is 4.66. The van der Waals surface area contributed by atoms with E-state index >= 15 is 0 Å². The number of amides is 1. The molecule has 0 N–H and O–H groups in total. The van der Waals surface area contributed by atoms with Crippen LogP contribution in [0.2, 0.25) is 0 Å². The highest BCUT2D eigenvalue weighted by atomic mass is 32.2. The number of fused-ring (bicyclic) bond motifs is 4. The lowest BCUT2D eigenvalue weighted by Gasteiger charge is -2.50. The summed E-state index contributed by atoms with van der Waals surface area (Å²) in [6.45, 7) is 9.69. The van der Waals surface area contributed by atoms with Crippen LogP contribution in [0.25, 0.3) is 22.6 Å². The van der Waals surface area contributed by atoms with Crippen molar-refractivity contribution in [1.29, 1.82) is 0 Å². The molecule has 7 rings (SSSR count). The quantitative estimate of drug-likeness (QED) is 0.255. The summed E-state index contributed by atoms with van der Waals surface area (Å²) in [6.07, 6.45) is 12.2. The number of carbonyl (C=O) groups is 1. The lowest BCUT2D eigenvalue weighted by molar-refractivity contribution is -0.235. The Morgan fingerprint density at radius 1 is 1.12 bits per heavy atom. The van der Waals surface area contributed by atoms with Crippen LogP contribution in [0.1, 0.15) is 96.4 Å². The molecule has 43 heavy (non-hydrogen) atoms. The van der Waals surface area contributed by atoms with Gasteiger partial charge in [0, 0.05) is 18.5 Å². The predicted molar refractivity (Wildman–Crippen MR) is 161 cm³/mol. The molecule has 12 heteroatoms. The first kappa shape index (κ1) is 29.0. The Kier molecular flexibility index (Phi) is 7.25. The van der Waals surface area contributed by atoms with E-state index in [2.05, 4.69) is 12.1 Å². The lowest BCUT2D eigenvalue weighted by Crippen LogP contribution is -2.56.